The van der Waals surface area contributed by atoms with E-state index in [1.54, 1.807) is 23.2 Å². The van der Waals surface area contributed by atoms with Crippen molar-refractivity contribution >= 4 is 17.7 Å². The second-order valence-electron chi connectivity index (χ2n) is 5.51. The molecule has 3 rings (SSSR count). The first-order chi connectivity index (χ1) is 10.2. The van der Waals surface area contributed by atoms with Crippen LogP contribution in [0, 0.1) is 0 Å². The highest BCUT2D eigenvalue weighted by molar-refractivity contribution is 7.99. The molecule has 1 aromatic rings. The van der Waals surface area contributed by atoms with Crippen LogP contribution in [-0.2, 0) is 0 Å². The molecule has 2 aliphatic rings. The number of aliphatic hydroxyl groups is 1. The number of pyridine rings is 1. The number of carbonyl (C=O) groups excluding carboxylic acids is 1. The third-order valence-electron chi connectivity index (χ3n) is 3.91. The van der Waals surface area contributed by atoms with Gasteiger partial charge in [0.15, 0.2) is 0 Å². The summed E-state index contributed by atoms with van der Waals surface area (Å²) in [7, 11) is 0. The number of hydrogen-bond acceptors (Lipinski definition) is 5. The van der Waals surface area contributed by atoms with Crippen molar-refractivity contribution in [3.8, 4) is 5.88 Å². The van der Waals surface area contributed by atoms with E-state index in [-0.39, 0.29) is 18.1 Å². The van der Waals surface area contributed by atoms with Crippen LogP contribution in [0.5, 0.6) is 5.88 Å². The largest absolute Gasteiger partial charge is 0.473 e. The molecule has 1 N–H and O–H groups in total. The number of likely N-dealkylation sites (tertiary alicyclic amines) is 1. The summed E-state index contributed by atoms with van der Waals surface area (Å²) in [6.07, 6.45) is 3.90. The van der Waals surface area contributed by atoms with Crippen LogP contribution in [0.15, 0.2) is 18.3 Å². The first kappa shape index (κ1) is 14.7. The Morgan fingerprint density at radius 1 is 1.38 bits per heavy atom. The first-order valence-corrected chi connectivity index (χ1v) is 8.55. The van der Waals surface area contributed by atoms with E-state index in [0.29, 0.717) is 37.4 Å². The molecule has 2 saturated heterocycles. The molecule has 0 aliphatic carbocycles. The van der Waals surface area contributed by atoms with Gasteiger partial charge >= 0.3 is 0 Å². The molecule has 3 heterocycles. The van der Waals surface area contributed by atoms with E-state index < -0.39 is 0 Å². The quantitative estimate of drug-likeness (QED) is 0.918. The number of aliphatic hydroxyl groups excluding tert-OH is 1. The summed E-state index contributed by atoms with van der Waals surface area (Å²) in [6, 6.07) is 3.46. The highest BCUT2D eigenvalue weighted by Crippen LogP contribution is 2.23. The maximum Gasteiger partial charge on any atom is 0.254 e. The molecule has 5 nitrogen and oxygen atoms in total. The molecule has 1 amide bonds. The van der Waals surface area contributed by atoms with Crippen molar-refractivity contribution in [2.75, 3.05) is 24.6 Å². The van der Waals surface area contributed by atoms with Crippen molar-refractivity contribution < 1.29 is 14.6 Å². The van der Waals surface area contributed by atoms with Crippen LogP contribution >= 0.6 is 11.8 Å². The van der Waals surface area contributed by atoms with Gasteiger partial charge in [-0.15, -0.1) is 0 Å². The van der Waals surface area contributed by atoms with E-state index in [2.05, 4.69) is 4.98 Å². The van der Waals surface area contributed by atoms with Gasteiger partial charge < -0.3 is 14.7 Å². The molecule has 0 aromatic carbocycles. The van der Waals surface area contributed by atoms with Gasteiger partial charge in [-0.2, -0.15) is 11.8 Å². The van der Waals surface area contributed by atoms with Gasteiger partial charge in [0.05, 0.1) is 6.10 Å². The van der Waals surface area contributed by atoms with Gasteiger partial charge in [0, 0.05) is 36.7 Å². The predicted molar refractivity (Wildman–Crippen MR) is 81.7 cm³/mol. The highest BCUT2D eigenvalue weighted by Gasteiger charge is 2.23. The van der Waals surface area contributed by atoms with Crippen molar-refractivity contribution in [2.24, 2.45) is 0 Å². The fraction of sp³-hybridized carbons (Fsp3) is 0.600. The molecule has 2 aliphatic heterocycles. The van der Waals surface area contributed by atoms with E-state index in [1.165, 1.54) is 0 Å². The lowest BCUT2D eigenvalue weighted by atomic mass is 10.1. The predicted octanol–water partition coefficient (Wildman–Crippen LogP) is 1.56. The van der Waals surface area contributed by atoms with Crippen LogP contribution in [0.4, 0.5) is 0 Å². The monoisotopic (exact) mass is 308 g/mol. The minimum Gasteiger partial charge on any atom is -0.473 e. The van der Waals surface area contributed by atoms with Crippen LogP contribution in [0.1, 0.15) is 29.6 Å². The van der Waals surface area contributed by atoms with Crippen molar-refractivity contribution in [1.29, 1.82) is 0 Å². The van der Waals surface area contributed by atoms with Gasteiger partial charge in [0.25, 0.3) is 5.91 Å². The Morgan fingerprint density at radius 2 is 2.19 bits per heavy atom. The topological polar surface area (TPSA) is 62.7 Å². The van der Waals surface area contributed by atoms with Gasteiger partial charge in [-0.1, -0.05) is 0 Å². The van der Waals surface area contributed by atoms with Gasteiger partial charge in [0.1, 0.15) is 6.10 Å². The third kappa shape index (κ3) is 3.68. The molecule has 0 bridgehead atoms. The van der Waals surface area contributed by atoms with Crippen LogP contribution in [-0.4, -0.2) is 57.7 Å². The summed E-state index contributed by atoms with van der Waals surface area (Å²) in [6.45, 7) is 1.22. The minimum atomic E-state index is -0.273. The second kappa shape index (κ2) is 6.66. The maximum atomic E-state index is 12.5. The Kier molecular flexibility index (Phi) is 4.65. The van der Waals surface area contributed by atoms with Crippen LogP contribution < -0.4 is 4.74 Å². The van der Waals surface area contributed by atoms with Gasteiger partial charge in [-0.05, 0) is 31.1 Å². The van der Waals surface area contributed by atoms with Crippen LogP contribution in [0.25, 0.3) is 0 Å². The lowest BCUT2D eigenvalue weighted by Crippen LogP contribution is -2.40. The van der Waals surface area contributed by atoms with Crippen LogP contribution in [0.2, 0.25) is 0 Å². The number of aromatic nitrogens is 1. The second-order valence-corrected chi connectivity index (χ2v) is 6.66. The Labute approximate surface area is 128 Å². The van der Waals surface area contributed by atoms with Gasteiger partial charge in [-0.25, -0.2) is 4.98 Å². The van der Waals surface area contributed by atoms with Crippen molar-refractivity contribution in [1.82, 2.24) is 9.88 Å². The summed E-state index contributed by atoms with van der Waals surface area (Å²) in [5.74, 6) is 2.64. The lowest BCUT2D eigenvalue weighted by Gasteiger charge is -2.29. The van der Waals surface area contributed by atoms with E-state index in [0.717, 1.165) is 17.9 Å². The molecule has 1 unspecified atom stereocenters. The van der Waals surface area contributed by atoms with Crippen molar-refractivity contribution in [3.05, 3.63) is 23.9 Å². The molecule has 21 heavy (non-hydrogen) atoms. The number of thioether (sulfide) groups is 1. The zero-order chi connectivity index (χ0) is 14.7. The number of hydrogen-bond donors (Lipinski definition) is 1. The minimum absolute atomic E-state index is 0.00468. The molecule has 0 radical (unpaired) electrons. The molecule has 2 fully saturated rings. The Balaban J connectivity index is 1.65. The molecule has 0 spiro atoms. The Morgan fingerprint density at radius 3 is 2.90 bits per heavy atom. The summed E-state index contributed by atoms with van der Waals surface area (Å²) in [4.78, 5) is 18.4. The number of carbonyl (C=O) groups is 1. The smallest absolute Gasteiger partial charge is 0.254 e. The summed E-state index contributed by atoms with van der Waals surface area (Å²) >= 11 is 1.88. The van der Waals surface area contributed by atoms with E-state index in [4.69, 9.17) is 4.74 Å². The molecular weight excluding hydrogens is 288 g/mol. The Bertz CT molecular complexity index is 497. The molecule has 0 saturated carbocycles. The maximum absolute atomic E-state index is 12.5. The first-order valence-electron chi connectivity index (χ1n) is 7.40. The summed E-state index contributed by atoms with van der Waals surface area (Å²) in [5, 5.41) is 9.51. The average Bonchev–Trinajstić information content (AvgIpc) is 3.00. The number of rotatable bonds is 3. The Hall–Kier alpha value is -1.27. The van der Waals surface area contributed by atoms with E-state index in [9.17, 15) is 9.90 Å². The van der Waals surface area contributed by atoms with Crippen molar-refractivity contribution in [2.45, 2.75) is 31.5 Å². The van der Waals surface area contributed by atoms with Gasteiger partial charge in [-0.3, -0.25) is 4.79 Å². The summed E-state index contributed by atoms with van der Waals surface area (Å²) in [5.41, 5.74) is 0.613. The van der Waals surface area contributed by atoms with E-state index >= 15 is 0 Å². The fourth-order valence-electron chi connectivity index (χ4n) is 2.64. The number of ether oxygens (including phenoxy) is 1. The van der Waals surface area contributed by atoms with E-state index in [1.807, 2.05) is 11.8 Å². The van der Waals surface area contributed by atoms with Crippen molar-refractivity contribution in [3.63, 3.8) is 0 Å². The molecule has 6 heteroatoms. The standard InChI is InChI=1S/C15H20N2O3S/c18-12-2-6-17(7-3-12)15(19)11-1-5-16-14(9-11)20-13-4-8-21-10-13/h1,5,9,12-13,18H,2-4,6-8,10H2. The number of amides is 1. The summed E-state index contributed by atoms with van der Waals surface area (Å²) < 4.78 is 5.83. The molecule has 1 aromatic heterocycles. The third-order valence-corrected chi connectivity index (χ3v) is 5.04. The fourth-order valence-corrected chi connectivity index (χ4v) is 3.73. The number of nitrogens with zero attached hydrogens (tertiary/aromatic N) is 2. The zero-order valence-electron chi connectivity index (χ0n) is 11.9. The SMILES string of the molecule is O=C(c1ccnc(OC2CCSC2)c1)N1CCC(O)CC1. The molecule has 114 valence electrons. The normalized spacial score (nSPS) is 23.3. The average molecular weight is 308 g/mol. The molecule has 1 atom stereocenters. The van der Waals surface area contributed by atoms with Crippen LogP contribution in [0.3, 0.4) is 0 Å². The van der Waals surface area contributed by atoms with Gasteiger partial charge in [0.2, 0.25) is 5.88 Å². The highest BCUT2D eigenvalue weighted by atomic mass is 32.2. The number of piperidine rings is 1. The lowest BCUT2D eigenvalue weighted by molar-refractivity contribution is 0.0545. The molecular formula is C15H20N2O3S. The zero-order valence-corrected chi connectivity index (χ0v) is 12.7.